The van der Waals surface area contributed by atoms with Crippen LogP contribution in [0, 0.1) is 0 Å². The molecule has 0 atom stereocenters. The van der Waals surface area contributed by atoms with Crippen LogP contribution in [0.4, 0.5) is 0 Å². The zero-order chi connectivity index (χ0) is 13.8. The van der Waals surface area contributed by atoms with E-state index in [1.807, 2.05) is 47.3 Å². The maximum Gasteiger partial charge on any atom is 0.222 e. The molecule has 102 valence electrons. The van der Waals surface area contributed by atoms with Crippen molar-refractivity contribution >= 4 is 16.9 Å². The summed E-state index contributed by atoms with van der Waals surface area (Å²) in [6, 6.07) is 9.87. The monoisotopic (exact) mass is 268 g/mol. The number of aromatic amines is 1. The van der Waals surface area contributed by atoms with Crippen molar-refractivity contribution in [1.82, 2.24) is 19.9 Å². The van der Waals surface area contributed by atoms with E-state index in [0.29, 0.717) is 19.5 Å². The second-order valence-corrected chi connectivity index (χ2v) is 4.67. The van der Waals surface area contributed by atoms with Crippen LogP contribution in [0.15, 0.2) is 49.1 Å². The number of imidazole rings is 1. The number of fused-ring (bicyclic) bond motifs is 1. The fraction of sp³-hybridized carbons (Fsp3) is 0.200. The highest BCUT2D eigenvalue weighted by Gasteiger charge is 2.05. The van der Waals surface area contributed by atoms with E-state index in [1.165, 1.54) is 0 Å². The van der Waals surface area contributed by atoms with Crippen molar-refractivity contribution in [1.29, 1.82) is 0 Å². The summed E-state index contributed by atoms with van der Waals surface area (Å²) in [4.78, 5) is 19.1. The van der Waals surface area contributed by atoms with Gasteiger partial charge in [-0.1, -0.05) is 12.1 Å². The van der Waals surface area contributed by atoms with Gasteiger partial charge < -0.3 is 14.9 Å². The van der Waals surface area contributed by atoms with E-state index < -0.39 is 0 Å². The number of H-pyrrole nitrogens is 1. The van der Waals surface area contributed by atoms with E-state index in [1.54, 1.807) is 6.33 Å². The van der Waals surface area contributed by atoms with Gasteiger partial charge in [0.15, 0.2) is 0 Å². The summed E-state index contributed by atoms with van der Waals surface area (Å²) >= 11 is 0. The summed E-state index contributed by atoms with van der Waals surface area (Å²) < 4.78 is 2.01. The van der Waals surface area contributed by atoms with Gasteiger partial charge in [0.1, 0.15) is 0 Å². The molecule has 20 heavy (non-hydrogen) atoms. The lowest BCUT2D eigenvalue weighted by Gasteiger charge is -2.05. The number of rotatable bonds is 5. The van der Waals surface area contributed by atoms with Gasteiger partial charge in [0, 0.05) is 31.9 Å². The van der Waals surface area contributed by atoms with Crippen molar-refractivity contribution in [3.8, 4) is 0 Å². The molecule has 0 saturated carbocycles. The molecule has 3 aromatic rings. The first kappa shape index (κ1) is 12.5. The van der Waals surface area contributed by atoms with Crippen LogP contribution >= 0.6 is 0 Å². The normalized spacial score (nSPS) is 10.8. The Morgan fingerprint density at radius 2 is 2.20 bits per heavy atom. The smallest absolute Gasteiger partial charge is 0.222 e. The van der Waals surface area contributed by atoms with Crippen molar-refractivity contribution in [3.63, 3.8) is 0 Å². The lowest BCUT2D eigenvalue weighted by Crippen LogP contribution is -2.23. The third kappa shape index (κ3) is 2.71. The minimum absolute atomic E-state index is 0.0454. The first-order valence-corrected chi connectivity index (χ1v) is 6.61. The highest BCUT2D eigenvalue weighted by Crippen LogP contribution is 2.12. The summed E-state index contributed by atoms with van der Waals surface area (Å²) in [6.07, 6.45) is 5.96. The maximum absolute atomic E-state index is 11.8. The number of carbonyl (C=O) groups is 1. The molecule has 0 aliphatic rings. The summed E-state index contributed by atoms with van der Waals surface area (Å²) in [7, 11) is 0. The van der Waals surface area contributed by atoms with Crippen LogP contribution in [0.3, 0.4) is 0 Å². The lowest BCUT2D eigenvalue weighted by atomic mass is 10.3. The molecular weight excluding hydrogens is 252 g/mol. The molecule has 5 nitrogen and oxygen atoms in total. The van der Waals surface area contributed by atoms with Crippen molar-refractivity contribution < 1.29 is 4.79 Å². The minimum atomic E-state index is 0.0454. The van der Waals surface area contributed by atoms with Gasteiger partial charge in [-0.2, -0.15) is 0 Å². The minimum Gasteiger partial charge on any atom is -0.367 e. The van der Waals surface area contributed by atoms with Crippen LogP contribution in [0.5, 0.6) is 0 Å². The van der Waals surface area contributed by atoms with E-state index in [-0.39, 0.29) is 5.91 Å². The number of benzene rings is 1. The number of nitrogens with one attached hydrogen (secondary N) is 2. The molecule has 0 aliphatic heterocycles. The zero-order valence-electron chi connectivity index (χ0n) is 11.0. The van der Waals surface area contributed by atoms with E-state index in [2.05, 4.69) is 15.3 Å². The van der Waals surface area contributed by atoms with Gasteiger partial charge in [-0.25, -0.2) is 4.98 Å². The van der Waals surface area contributed by atoms with Crippen molar-refractivity contribution in [3.05, 3.63) is 54.6 Å². The molecule has 2 N–H and O–H groups in total. The average molecular weight is 268 g/mol. The number of aryl methyl sites for hydroxylation is 1. The molecule has 1 amide bonds. The van der Waals surface area contributed by atoms with Crippen molar-refractivity contribution in [2.75, 3.05) is 0 Å². The number of para-hydroxylation sites is 2. The highest BCUT2D eigenvalue weighted by atomic mass is 16.1. The summed E-state index contributed by atoms with van der Waals surface area (Å²) in [5.74, 6) is 0.0454. The predicted octanol–water partition coefficient (Wildman–Crippen LogP) is 2.07. The number of hydrogen-bond donors (Lipinski definition) is 2. The van der Waals surface area contributed by atoms with Gasteiger partial charge >= 0.3 is 0 Å². The molecule has 5 heteroatoms. The molecule has 2 heterocycles. The molecular formula is C15H16N4O. The molecule has 0 aliphatic carbocycles. The van der Waals surface area contributed by atoms with Crippen LogP contribution in [0.2, 0.25) is 0 Å². The first-order chi connectivity index (χ1) is 9.83. The Hall–Kier alpha value is -2.56. The van der Waals surface area contributed by atoms with Crippen molar-refractivity contribution in [2.24, 2.45) is 0 Å². The lowest BCUT2D eigenvalue weighted by molar-refractivity contribution is -0.121. The predicted molar refractivity (Wildman–Crippen MR) is 77.0 cm³/mol. The van der Waals surface area contributed by atoms with Crippen molar-refractivity contribution in [2.45, 2.75) is 19.5 Å². The Morgan fingerprint density at radius 3 is 3.05 bits per heavy atom. The average Bonchev–Trinajstić information content (AvgIpc) is 3.12. The Labute approximate surface area is 116 Å². The number of aromatic nitrogens is 3. The van der Waals surface area contributed by atoms with E-state index >= 15 is 0 Å². The van der Waals surface area contributed by atoms with Crippen LogP contribution < -0.4 is 5.32 Å². The standard InChI is InChI=1S/C15H16N4O/c20-15(17-10-12-5-7-16-9-12)6-8-19-11-18-13-3-1-2-4-14(13)19/h1-5,7,9,11,16H,6,8,10H2,(H,17,20). The van der Waals surface area contributed by atoms with Crippen LogP contribution in [-0.2, 0) is 17.9 Å². The summed E-state index contributed by atoms with van der Waals surface area (Å²) in [5, 5.41) is 2.90. The largest absolute Gasteiger partial charge is 0.367 e. The number of amides is 1. The Kier molecular flexibility index (Phi) is 3.50. The van der Waals surface area contributed by atoms with Gasteiger partial charge in [-0.05, 0) is 23.8 Å². The number of carbonyl (C=O) groups excluding carboxylic acids is 1. The molecule has 0 bridgehead atoms. The highest BCUT2D eigenvalue weighted by molar-refractivity contribution is 5.77. The van der Waals surface area contributed by atoms with E-state index in [4.69, 9.17) is 0 Å². The molecule has 0 spiro atoms. The van der Waals surface area contributed by atoms with Crippen LogP contribution in [0.1, 0.15) is 12.0 Å². The fourth-order valence-corrected chi connectivity index (χ4v) is 2.17. The Balaban J connectivity index is 1.55. The molecule has 0 unspecified atom stereocenters. The maximum atomic E-state index is 11.8. The fourth-order valence-electron chi connectivity index (χ4n) is 2.17. The molecule has 0 radical (unpaired) electrons. The van der Waals surface area contributed by atoms with Gasteiger partial charge in [-0.15, -0.1) is 0 Å². The van der Waals surface area contributed by atoms with E-state index in [9.17, 15) is 4.79 Å². The van der Waals surface area contributed by atoms with Gasteiger partial charge in [0.2, 0.25) is 5.91 Å². The number of nitrogens with zero attached hydrogens (tertiary/aromatic N) is 2. The second kappa shape index (κ2) is 5.61. The van der Waals surface area contributed by atoms with Crippen LogP contribution in [-0.4, -0.2) is 20.4 Å². The van der Waals surface area contributed by atoms with Gasteiger partial charge in [0.25, 0.3) is 0 Å². The molecule has 0 fully saturated rings. The second-order valence-electron chi connectivity index (χ2n) is 4.67. The first-order valence-electron chi connectivity index (χ1n) is 6.61. The quantitative estimate of drug-likeness (QED) is 0.744. The third-order valence-corrected chi connectivity index (χ3v) is 3.26. The van der Waals surface area contributed by atoms with Gasteiger partial charge in [0.05, 0.1) is 17.4 Å². The van der Waals surface area contributed by atoms with Gasteiger partial charge in [-0.3, -0.25) is 4.79 Å². The van der Waals surface area contributed by atoms with E-state index in [0.717, 1.165) is 16.6 Å². The third-order valence-electron chi connectivity index (χ3n) is 3.26. The summed E-state index contributed by atoms with van der Waals surface area (Å²) in [5.41, 5.74) is 3.09. The van der Waals surface area contributed by atoms with Crippen LogP contribution in [0.25, 0.3) is 11.0 Å². The topological polar surface area (TPSA) is 62.7 Å². The zero-order valence-corrected chi connectivity index (χ0v) is 11.0. The molecule has 1 aromatic carbocycles. The summed E-state index contributed by atoms with van der Waals surface area (Å²) in [6.45, 7) is 1.20. The number of hydrogen-bond acceptors (Lipinski definition) is 2. The molecule has 3 rings (SSSR count). The Bertz CT molecular complexity index is 700. The molecule has 0 saturated heterocycles. The SMILES string of the molecule is O=C(CCn1cnc2ccccc21)NCc1cc[nH]c1. The Morgan fingerprint density at radius 1 is 1.30 bits per heavy atom. The molecule has 2 aromatic heterocycles.